The predicted octanol–water partition coefficient (Wildman–Crippen LogP) is 4.12. The Labute approximate surface area is 129 Å². The standard InChI is InChI=1S/C18H29NO2/c1-4-12-19-17-9-7-5-6-8-15(17)16-13-14(20-2)10-11-18(16)21-3/h10-11,13,15,17,19H,4-9,12H2,1-3H3. The highest BCUT2D eigenvalue weighted by Crippen LogP contribution is 2.38. The zero-order chi connectivity index (χ0) is 15.1. The van der Waals surface area contributed by atoms with Crippen LogP contribution in [0, 0.1) is 0 Å². The van der Waals surface area contributed by atoms with Gasteiger partial charge in [-0.25, -0.2) is 0 Å². The molecule has 2 unspecified atom stereocenters. The number of ether oxygens (including phenoxy) is 2. The first-order valence-electron chi connectivity index (χ1n) is 8.25. The summed E-state index contributed by atoms with van der Waals surface area (Å²) < 4.78 is 11.0. The molecular formula is C18H29NO2. The summed E-state index contributed by atoms with van der Waals surface area (Å²) in [4.78, 5) is 0. The van der Waals surface area contributed by atoms with E-state index in [1.807, 2.05) is 12.1 Å². The first-order chi connectivity index (χ1) is 10.3. The van der Waals surface area contributed by atoms with Gasteiger partial charge in [-0.05, 0) is 44.0 Å². The quantitative estimate of drug-likeness (QED) is 0.800. The molecule has 1 aliphatic carbocycles. The zero-order valence-corrected chi connectivity index (χ0v) is 13.7. The maximum absolute atomic E-state index is 5.61. The van der Waals surface area contributed by atoms with Crippen LogP contribution in [0.25, 0.3) is 0 Å². The molecule has 0 amide bonds. The van der Waals surface area contributed by atoms with Gasteiger partial charge >= 0.3 is 0 Å². The lowest BCUT2D eigenvalue weighted by Crippen LogP contribution is -2.35. The first-order valence-corrected chi connectivity index (χ1v) is 8.25. The fraction of sp³-hybridized carbons (Fsp3) is 0.667. The minimum atomic E-state index is 0.518. The fourth-order valence-electron chi connectivity index (χ4n) is 3.38. The van der Waals surface area contributed by atoms with Gasteiger partial charge < -0.3 is 14.8 Å². The van der Waals surface area contributed by atoms with Crippen LogP contribution in [0.3, 0.4) is 0 Å². The number of methoxy groups -OCH3 is 2. The highest BCUT2D eigenvalue weighted by atomic mass is 16.5. The van der Waals surface area contributed by atoms with Crippen LogP contribution in [-0.4, -0.2) is 26.8 Å². The van der Waals surface area contributed by atoms with E-state index >= 15 is 0 Å². The van der Waals surface area contributed by atoms with Gasteiger partial charge in [0.2, 0.25) is 0 Å². The molecule has 0 saturated heterocycles. The Morgan fingerprint density at radius 2 is 1.90 bits per heavy atom. The van der Waals surface area contributed by atoms with E-state index in [1.54, 1.807) is 14.2 Å². The molecule has 1 aliphatic rings. The molecule has 0 radical (unpaired) electrons. The van der Waals surface area contributed by atoms with Gasteiger partial charge in [-0.15, -0.1) is 0 Å². The second-order valence-corrected chi connectivity index (χ2v) is 5.91. The summed E-state index contributed by atoms with van der Waals surface area (Å²) in [6, 6.07) is 6.73. The average molecular weight is 291 g/mol. The van der Waals surface area contributed by atoms with Crippen molar-refractivity contribution in [2.24, 2.45) is 0 Å². The van der Waals surface area contributed by atoms with Crippen molar-refractivity contribution in [2.45, 2.75) is 57.4 Å². The highest BCUT2D eigenvalue weighted by Gasteiger charge is 2.27. The molecule has 3 heteroatoms. The fourth-order valence-corrected chi connectivity index (χ4v) is 3.38. The van der Waals surface area contributed by atoms with Crippen LogP contribution < -0.4 is 14.8 Å². The largest absolute Gasteiger partial charge is 0.497 e. The summed E-state index contributed by atoms with van der Waals surface area (Å²) in [6.07, 6.45) is 7.63. The maximum Gasteiger partial charge on any atom is 0.122 e. The van der Waals surface area contributed by atoms with Gasteiger partial charge in [0, 0.05) is 17.5 Å². The molecule has 0 bridgehead atoms. The summed E-state index contributed by atoms with van der Waals surface area (Å²) in [6.45, 7) is 3.32. The summed E-state index contributed by atoms with van der Waals surface area (Å²) in [7, 11) is 3.49. The van der Waals surface area contributed by atoms with E-state index in [4.69, 9.17) is 9.47 Å². The van der Waals surface area contributed by atoms with Gasteiger partial charge in [-0.3, -0.25) is 0 Å². The molecule has 1 N–H and O–H groups in total. The molecule has 0 heterocycles. The second kappa shape index (κ2) is 8.28. The molecule has 0 aromatic heterocycles. The Hall–Kier alpha value is -1.22. The molecule has 1 saturated carbocycles. The van der Waals surface area contributed by atoms with Crippen LogP contribution >= 0.6 is 0 Å². The monoisotopic (exact) mass is 291 g/mol. The Balaban J connectivity index is 2.29. The third kappa shape index (κ3) is 4.13. The lowest BCUT2D eigenvalue weighted by Gasteiger charge is -2.28. The normalized spacial score (nSPS) is 22.6. The lowest BCUT2D eigenvalue weighted by atomic mass is 9.86. The van der Waals surface area contributed by atoms with Crippen molar-refractivity contribution in [3.8, 4) is 11.5 Å². The maximum atomic E-state index is 5.61. The summed E-state index contributed by atoms with van der Waals surface area (Å²) in [5.41, 5.74) is 1.30. The molecule has 21 heavy (non-hydrogen) atoms. The third-order valence-electron chi connectivity index (χ3n) is 4.51. The molecule has 0 aliphatic heterocycles. The van der Waals surface area contributed by atoms with Gasteiger partial charge in [0.05, 0.1) is 14.2 Å². The smallest absolute Gasteiger partial charge is 0.122 e. The van der Waals surface area contributed by atoms with E-state index in [9.17, 15) is 0 Å². The van der Waals surface area contributed by atoms with E-state index in [0.717, 1.165) is 18.0 Å². The van der Waals surface area contributed by atoms with Crippen LogP contribution in [0.2, 0.25) is 0 Å². The zero-order valence-electron chi connectivity index (χ0n) is 13.7. The van der Waals surface area contributed by atoms with E-state index in [2.05, 4.69) is 18.3 Å². The second-order valence-electron chi connectivity index (χ2n) is 5.91. The number of nitrogens with one attached hydrogen (secondary N) is 1. The van der Waals surface area contributed by atoms with Crippen LogP contribution in [0.4, 0.5) is 0 Å². The van der Waals surface area contributed by atoms with Crippen LogP contribution in [0.1, 0.15) is 56.9 Å². The van der Waals surface area contributed by atoms with Crippen molar-refractivity contribution in [3.05, 3.63) is 23.8 Å². The Bertz CT molecular complexity index is 433. The summed E-state index contributed by atoms with van der Waals surface area (Å²) in [5, 5.41) is 3.75. The van der Waals surface area contributed by atoms with Crippen LogP contribution in [0.15, 0.2) is 18.2 Å². The molecule has 2 rings (SSSR count). The van der Waals surface area contributed by atoms with E-state index in [0.29, 0.717) is 12.0 Å². The third-order valence-corrected chi connectivity index (χ3v) is 4.51. The molecule has 2 atom stereocenters. The van der Waals surface area contributed by atoms with Gasteiger partial charge in [0.1, 0.15) is 11.5 Å². The first kappa shape index (κ1) is 16.2. The minimum Gasteiger partial charge on any atom is -0.497 e. The molecular weight excluding hydrogens is 262 g/mol. The van der Waals surface area contributed by atoms with Crippen molar-refractivity contribution in [2.75, 3.05) is 20.8 Å². The van der Waals surface area contributed by atoms with Gasteiger partial charge in [-0.2, -0.15) is 0 Å². The summed E-state index contributed by atoms with van der Waals surface area (Å²) in [5.74, 6) is 2.43. The van der Waals surface area contributed by atoms with Crippen molar-refractivity contribution in [1.29, 1.82) is 0 Å². The van der Waals surface area contributed by atoms with Crippen molar-refractivity contribution in [1.82, 2.24) is 5.32 Å². The average Bonchev–Trinajstić information content (AvgIpc) is 2.77. The SMILES string of the molecule is CCCNC1CCCCCC1c1cc(OC)ccc1OC. The molecule has 1 aromatic rings. The lowest BCUT2D eigenvalue weighted by molar-refractivity contribution is 0.370. The highest BCUT2D eigenvalue weighted by molar-refractivity contribution is 5.43. The Morgan fingerprint density at radius 1 is 1.10 bits per heavy atom. The van der Waals surface area contributed by atoms with Crippen LogP contribution in [-0.2, 0) is 0 Å². The molecule has 1 fully saturated rings. The number of hydrogen-bond acceptors (Lipinski definition) is 3. The van der Waals surface area contributed by atoms with Crippen molar-refractivity contribution < 1.29 is 9.47 Å². The van der Waals surface area contributed by atoms with Crippen molar-refractivity contribution in [3.63, 3.8) is 0 Å². The van der Waals surface area contributed by atoms with Gasteiger partial charge in [0.25, 0.3) is 0 Å². The van der Waals surface area contributed by atoms with E-state index in [1.165, 1.54) is 44.1 Å². The van der Waals surface area contributed by atoms with Gasteiger partial charge in [0.15, 0.2) is 0 Å². The topological polar surface area (TPSA) is 30.5 Å². The van der Waals surface area contributed by atoms with Crippen LogP contribution in [0.5, 0.6) is 11.5 Å². The number of rotatable bonds is 6. The van der Waals surface area contributed by atoms with Gasteiger partial charge in [-0.1, -0.05) is 26.2 Å². The molecule has 3 nitrogen and oxygen atoms in total. The predicted molar refractivity (Wildman–Crippen MR) is 87.5 cm³/mol. The minimum absolute atomic E-state index is 0.518. The van der Waals surface area contributed by atoms with Crippen molar-refractivity contribution >= 4 is 0 Å². The molecule has 1 aromatic carbocycles. The summed E-state index contributed by atoms with van der Waals surface area (Å²) >= 11 is 0. The van der Waals surface area contributed by atoms with E-state index in [-0.39, 0.29) is 0 Å². The molecule has 0 spiro atoms. The number of benzene rings is 1. The number of hydrogen-bond donors (Lipinski definition) is 1. The Morgan fingerprint density at radius 3 is 2.62 bits per heavy atom. The Kier molecular flexibility index (Phi) is 6.37. The molecule has 118 valence electrons. The van der Waals surface area contributed by atoms with E-state index < -0.39 is 0 Å².